The van der Waals surface area contributed by atoms with Crippen LogP contribution >= 0.6 is 11.6 Å². The first kappa shape index (κ1) is 20.1. The molecule has 1 aliphatic rings. The van der Waals surface area contributed by atoms with Crippen molar-refractivity contribution in [2.24, 2.45) is 0 Å². The minimum atomic E-state index is -1.12. The first-order valence-electron chi connectivity index (χ1n) is 8.94. The lowest BCUT2D eigenvalue weighted by atomic mass is 10.1. The molecule has 0 unspecified atom stereocenters. The lowest BCUT2D eigenvalue weighted by Crippen LogP contribution is -2.54. The van der Waals surface area contributed by atoms with Crippen molar-refractivity contribution in [1.82, 2.24) is 5.32 Å². The monoisotopic (exact) mass is 436 g/mol. The first-order valence-corrected chi connectivity index (χ1v) is 9.32. The van der Waals surface area contributed by atoms with Gasteiger partial charge in [0.25, 0.3) is 11.8 Å². The third-order valence-corrected chi connectivity index (χ3v) is 4.84. The molecule has 4 rings (SSSR count). The van der Waals surface area contributed by atoms with Crippen molar-refractivity contribution < 1.29 is 28.7 Å². The molecular formula is C22H13ClN2O6. The number of benzene rings is 2. The van der Waals surface area contributed by atoms with Gasteiger partial charge in [0, 0.05) is 5.56 Å². The van der Waals surface area contributed by atoms with Gasteiger partial charge in [-0.15, -0.1) is 0 Å². The highest BCUT2D eigenvalue weighted by molar-refractivity contribution is 6.39. The van der Waals surface area contributed by atoms with Crippen molar-refractivity contribution in [3.8, 4) is 11.3 Å². The Kier molecular flexibility index (Phi) is 5.14. The second-order valence-corrected chi connectivity index (χ2v) is 6.90. The third-order valence-electron chi connectivity index (χ3n) is 4.51. The van der Waals surface area contributed by atoms with Crippen LogP contribution in [0.3, 0.4) is 0 Å². The number of imide groups is 2. The van der Waals surface area contributed by atoms with Crippen LogP contribution in [-0.2, 0) is 9.59 Å². The molecule has 31 heavy (non-hydrogen) atoms. The summed E-state index contributed by atoms with van der Waals surface area (Å²) < 4.78 is 5.66. The Morgan fingerprint density at radius 1 is 1.03 bits per heavy atom. The maximum atomic E-state index is 12.8. The molecule has 0 radical (unpaired) electrons. The highest BCUT2D eigenvalue weighted by atomic mass is 35.5. The number of para-hydroxylation sites is 1. The minimum absolute atomic E-state index is 0.0227. The molecule has 1 fully saturated rings. The number of carbonyl (C=O) groups is 4. The van der Waals surface area contributed by atoms with Gasteiger partial charge in [0.15, 0.2) is 0 Å². The van der Waals surface area contributed by atoms with Crippen molar-refractivity contribution in [3.63, 3.8) is 0 Å². The van der Waals surface area contributed by atoms with E-state index in [1.807, 2.05) is 0 Å². The van der Waals surface area contributed by atoms with E-state index in [-0.39, 0.29) is 27.7 Å². The molecule has 0 atom stereocenters. The molecule has 8 nitrogen and oxygen atoms in total. The largest absolute Gasteiger partial charge is 0.478 e. The van der Waals surface area contributed by atoms with Gasteiger partial charge in [-0.2, -0.15) is 0 Å². The van der Waals surface area contributed by atoms with Gasteiger partial charge in [-0.1, -0.05) is 29.8 Å². The molecule has 1 aromatic heterocycles. The summed E-state index contributed by atoms with van der Waals surface area (Å²) in [4.78, 5) is 49.4. The Morgan fingerprint density at radius 3 is 2.48 bits per heavy atom. The molecule has 1 aliphatic heterocycles. The summed E-state index contributed by atoms with van der Waals surface area (Å²) in [5, 5.41) is 11.6. The van der Waals surface area contributed by atoms with Crippen LogP contribution in [0.1, 0.15) is 16.1 Å². The number of aromatic carboxylic acids is 1. The van der Waals surface area contributed by atoms with E-state index in [2.05, 4.69) is 5.32 Å². The van der Waals surface area contributed by atoms with Crippen LogP contribution < -0.4 is 10.2 Å². The number of hydrogen-bond donors (Lipinski definition) is 2. The van der Waals surface area contributed by atoms with E-state index in [1.165, 1.54) is 36.4 Å². The number of carbonyl (C=O) groups excluding carboxylic acids is 3. The maximum absolute atomic E-state index is 12.8. The Morgan fingerprint density at radius 2 is 1.77 bits per heavy atom. The molecule has 0 aliphatic carbocycles. The number of rotatable bonds is 4. The molecule has 2 aromatic carbocycles. The fourth-order valence-corrected chi connectivity index (χ4v) is 3.24. The highest BCUT2D eigenvalue weighted by Gasteiger charge is 2.37. The standard InChI is InChI=1S/C22H13ClN2O6/c23-17-8-6-12(21(28)29)10-15(17)18-9-7-14(31-18)11-16-19(26)24-22(30)25(20(16)27)13-4-2-1-3-5-13/h1-11H,(H,28,29)(H,24,26,30)/b16-11-. The van der Waals surface area contributed by atoms with Crippen LogP contribution in [0.25, 0.3) is 17.4 Å². The van der Waals surface area contributed by atoms with E-state index in [0.717, 1.165) is 4.90 Å². The first-order chi connectivity index (χ1) is 14.8. The normalized spacial score (nSPS) is 15.3. The number of nitrogens with one attached hydrogen (secondary N) is 1. The predicted molar refractivity (Wildman–Crippen MR) is 112 cm³/mol. The van der Waals surface area contributed by atoms with Gasteiger partial charge in [-0.05, 0) is 48.5 Å². The molecule has 2 heterocycles. The van der Waals surface area contributed by atoms with E-state index in [1.54, 1.807) is 30.3 Å². The van der Waals surface area contributed by atoms with Gasteiger partial charge in [0.1, 0.15) is 17.1 Å². The van der Waals surface area contributed by atoms with E-state index < -0.39 is 23.8 Å². The van der Waals surface area contributed by atoms with E-state index in [4.69, 9.17) is 21.1 Å². The number of halogens is 1. The maximum Gasteiger partial charge on any atom is 0.335 e. The Bertz CT molecular complexity index is 1260. The minimum Gasteiger partial charge on any atom is -0.478 e. The van der Waals surface area contributed by atoms with Crippen LogP contribution in [0.15, 0.2) is 70.7 Å². The second-order valence-electron chi connectivity index (χ2n) is 6.50. The number of carboxylic acids is 1. The van der Waals surface area contributed by atoms with E-state index >= 15 is 0 Å². The van der Waals surface area contributed by atoms with Crippen LogP contribution in [0.5, 0.6) is 0 Å². The summed E-state index contributed by atoms with van der Waals surface area (Å²) in [5.74, 6) is -2.39. The highest BCUT2D eigenvalue weighted by Crippen LogP contribution is 2.31. The van der Waals surface area contributed by atoms with Crippen LogP contribution in [0.4, 0.5) is 10.5 Å². The van der Waals surface area contributed by atoms with Gasteiger partial charge in [0.2, 0.25) is 0 Å². The molecular weight excluding hydrogens is 424 g/mol. The Hall–Kier alpha value is -4.17. The number of hydrogen-bond acceptors (Lipinski definition) is 5. The van der Waals surface area contributed by atoms with Crippen LogP contribution in [-0.4, -0.2) is 28.9 Å². The number of nitrogens with zero attached hydrogens (tertiary/aromatic N) is 1. The average Bonchev–Trinajstić information content (AvgIpc) is 3.20. The van der Waals surface area contributed by atoms with Crippen LogP contribution in [0, 0.1) is 0 Å². The fraction of sp³-hybridized carbons (Fsp3) is 0. The van der Waals surface area contributed by atoms with Crippen LogP contribution in [0.2, 0.25) is 5.02 Å². The lowest BCUT2D eigenvalue weighted by molar-refractivity contribution is -0.122. The summed E-state index contributed by atoms with van der Waals surface area (Å²) in [5.41, 5.74) is 0.372. The van der Waals surface area contributed by atoms with Gasteiger partial charge < -0.3 is 9.52 Å². The number of furan rings is 1. The smallest absolute Gasteiger partial charge is 0.335 e. The summed E-state index contributed by atoms with van der Waals surface area (Å²) in [6.07, 6.45) is 1.21. The van der Waals surface area contributed by atoms with E-state index in [9.17, 15) is 19.2 Å². The zero-order valence-electron chi connectivity index (χ0n) is 15.7. The number of urea groups is 1. The summed E-state index contributed by atoms with van der Waals surface area (Å²) >= 11 is 6.16. The van der Waals surface area contributed by atoms with Gasteiger partial charge in [0.05, 0.1) is 16.3 Å². The molecule has 1 saturated heterocycles. The number of anilines is 1. The predicted octanol–water partition coefficient (Wildman–Crippen LogP) is 3.96. The SMILES string of the molecule is O=C1NC(=O)N(c2ccccc2)C(=O)/C1=C\c1ccc(-c2cc(C(=O)O)ccc2Cl)o1. The fourth-order valence-electron chi connectivity index (χ4n) is 3.03. The number of amides is 4. The molecule has 9 heteroatoms. The summed E-state index contributed by atoms with van der Waals surface area (Å²) in [6.45, 7) is 0. The third kappa shape index (κ3) is 3.84. The van der Waals surface area contributed by atoms with Crippen molar-refractivity contribution in [2.45, 2.75) is 0 Å². The summed E-state index contributed by atoms with van der Waals surface area (Å²) in [7, 11) is 0. The molecule has 154 valence electrons. The average molecular weight is 437 g/mol. The Labute approximate surface area is 180 Å². The van der Waals surface area contributed by atoms with Crippen molar-refractivity contribution in [1.29, 1.82) is 0 Å². The molecule has 3 aromatic rings. The van der Waals surface area contributed by atoms with Gasteiger partial charge in [-0.3, -0.25) is 14.9 Å². The zero-order valence-corrected chi connectivity index (χ0v) is 16.4. The topological polar surface area (TPSA) is 117 Å². The molecule has 4 amide bonds. The van der Waals surface area contributed by atoms with Crippen molar-refractivity contribution in [2.75, 3.05) is 4.90 Å². The van der Waals surface area contributed by atoms with Crippen molar-refractivity contribution >= 4 is 47.2 Å². The molecule has 0 saturated carbocycles. The number of carboxylic acid groups (broad SMARTS) is 1. The Balaban J connectivity index is 1.69. The van der Waals surface area contributed by atoms with Crippen molar-refractivity contribution in [3.05, 3.63) is 82.6 Å². The molecule has 2 N–H and O–H groups in total. The second kappa shape index (κ2) is 7.92. The summed E-state index contributed by atoms with van der Waals surface area (Å²) in [6, 6.07) is 14.5. The van der Waals surface area contributed by atoms with E-state index in [0.29, 0.717) is 11.3 Å². The number of barbiturate groups is 1. The van der Waals surface area contributed by atoms with Gasteiger partial charge in [-0.25, -0.2) is 14.5 Å². The molecule has 0 spiro atoms. The van der Waals surface area contributed by atoms with Gasteiger partial charge >= 0.3 is 12.0 Å². The molecule has 0 bridgehead atoms. The lowest BCUT2D eigenvalue weighted by Gasteiger charge is -2.26. The zero-order chi connectivity index (χ0) is 22.1. The quantitative estimate of drug-likeness (QED) is 0.472.